The third kappa shape index (κ3) is 1.86. The Morgan fingerprint density at radius 2 is 2.24 bits per heavy atom. The van der Waals surface area contributed by atoms with Crippen LogP contribution in [0, 0.1) is 5.92 Å². The smallest absolute Gasteiger partial charge is 0.110 e. The van der Waals surface area contributed by atoms with Gasteiger partial charge in [-0.3, -0.25) is 0 Å². The fraction of sp³-hybridized carbons (Fsp3) is 0.533. The van der Waals surface area contributed by atoms with Crippen molar-refractivity contribution in [1.29, 1.82) is 0 Å². The fourth-order valence-electron chi connectivity index (χ4n) is 3.02. The van der Waals surface area contributed by atoms with Gasteiger partial charge in [0, 0.05) is 5.92 Å². The molecule has 0 amide bonds. The van der Waals surface area contributed by atoms with Crippen LogP contribution in [0.2, 0.25) is 0 Å². The van der Waals surface area contributed by atoms with Gasteiger partial charge in [0.2, 0.25) is 0 Å². The third-order valence-electron chi connectivity index (χ3n) is 4.19. The molecular weight excluding hydrogens is 208 g/mol. The quantitative estimate of drug-likeness (QED) is 0.826. The maximum atomic E-state index is 4.76. The van der Waals surface area contributed by atoms with Crippen molar-refractivity contribution in [2.75, 3.05) is 0 Å². The maximum absolute atomic E-state index is 4.76. The van der Waals surface area contributed by atoms with E-state index in [1.54, 1.807) is 0 Å². The first-order valence-electron chi connectivity index (χ1n) is 6.76. The van der Waals surface area contributed by atoms with Crippen LogP contribution >= 0.6 is 0 Å². The van der Waals surface area contributed by atoms with Gasteiger partial charge in [-0.2, -0.15) is 0 Å². The maximum Gasteiger partial charge on any atom is 0.110 e. The highest BCUT2D eigenvalue weighted by Crippen LogP contribution is 2.38. The number of fused-ring (bicyclic) bond motifs is 1. The SMILES string of the molecule is CCc1ccc2nc(C3CCCC3C)[nH]c2c1. The Kier molecular flexibility index (Phi) is 2.65. The normalized spacial score (nSPS) is 24.6. The zero-order valence-electron chi connectivity index (χ0n) is 10.7. The van der Waals surface area contributed by atoms with Gasteiger partial charge in [0.05, 0.1) is 11.0 Å². The molecule has 1 aliphatic carbocycles. The molecule has 0 spiro atoms. The lowest BCUT2D eigenvalue weighted by molar-refractivity contribution is 0.514. The summed E-state index contributed by atoms with van der Waals surface area (Å²) in [6.45, 7) is 4.54. The van der Waals surface area contributed by atoms with Crippen molar-refractivity contribution in [3.63, 3.8) is 0 Å². The van der Waals surface area contributed by atoms with Crippen LogP contribution in [-0.4, -0.2) is 9.97 Å². The van der Waals surface area contributed by atoms with Gasteiger partial charge >= 0.3 is 0 Å². The van der Waals surface area contributed by atoms with E-state index in [4.69, 9.17) is 4.98 Å². The summed E-state index contributed by atoms with van der Waals surface area (Å²) < 4.78 is 0. The Bertz CT molecular complexity index is 527. The second-order valence-electron chi connectivity index (χ2n) is 5.34. The number of hydrogen-bond donors (Lipinski definition) is 1. The van der Waals surface area contributed by atoms with E-state index in [1.165, 1.54) is 36.2 Å². The predicted octanol–water partition coefficient (Wildman–Crippen LogP) is 4.03. The van der Waals surface area contributed by atoms with E-state index in [-0.39, 0.29) is 0 Å². The summed E-state index contributed by atoms with van der Waals surface area (Å²) in [6.07, 6.45) is 5.08. The average Bonchev–Trinajstić information content (AvgIpc) is 2.93. The largest absolute Gasteiger partial charge is 0.342 e. The summed E-state index contributed by atoms with van der Waals surface area (Å²) in [5.74, 6) is 2.63. The molecule has 2 nitrogen and oxygen atoms in total. The van der Waals surface area contributed by atoms with Crippen molar-refractivity contribution in [1.82, 2.24) is 9.97 Å². The van der Waals surface area contributed by atoms with E-state index in [2.05, 4.69) is 37.0 Å². The van der Waals surface area contributed by atoms with Gasteiger partial charge in [-0.25, -0.2) is 4.98 Å². The van der Waals surface area contributed by atoms with Crippen LogP contribution in [0.25, 0.3) is 11.0 Å². The van der Waals surface area contributed by atoms with E-state index < -0.39 is 0 Å². The van der Waals surface area contributed by atoms with Crippen LogP contribution in [0.4, 0.5) is 0 Å². The Morgan fingerprint density at radius 3 is 2.94 bits per heavy atom. The molecule has 3 rings (SSSR count). The molecule has 2 aromatic rings. The number of hydrogen-bond acceptors (Lipinski definition) is 1. The molecule has 1 aliphatic rings. The number of nitrogens with one attached hydrogen (secondary N) is 1. The lowest BCUT2D eigenvalue weighted by Gasteiger charge is -2.11. The number of imidazole rings is 1. The van der Waals surface area contributed by atoms with Crippen molar-refractivity contribution >= 4 is 11.0 Å². The van der Waals surface area contributed by atoms with Crippen LogP contribution in [0.1, 0.15) is 50.4 Å². The zero-order valence-corrected chi connectivity index (χ0v) is 10.7. The molecule has 1 aromatic carbocycles. The van der Waals surface area contributed by atoms with E-state index >= 15 is 0 Å². The van der Waals surface area contributed by atoms with Gasteiger partial charge in [0.15, 0.2) is 0 Å². The third-order valence-corrected chi connectivity index (χ3v) is 4.19. The van der Waals surface area contributed by atoms with Gasteiger partial charge in [0.1, 0.15) is 5.82 Å². The van der Waals surface area contributed by atoms with Gasteiger partial charge in [0.25, 0.3) is 0 Å². The minimum atomic E-state index is 0.646. The number of benzene rings is 1. The average molecular weight is 228 g/mol. The number of aromatic nitrogens is 2. The number of aryl methyl sites for hydroxylation is 1. The molecule has 1 fully saturated rings. The fourth-order valence-corrected chi connectivity index (χ4v) is 3.02. The second-order valence-corrected chi connectivity index (χ2v) is 5.34. The predicted molar refractivity (Wildman–Crippen MR) is 71.2 cm³/mol. The summed E-state index contributed by atoms with van der Waals surface area (Å²) in [7, 11) is 0. The monoisotopic (exact) mass is 228 g/mol. The first-order valence-corrected chi connectivity index (χ1v) is 6.76. The standard InChI is InChI=1S/C15H20N2/c1-3-11-7-8-13-14(9-11)17-15(16-13)12-6-4-5-10(12)2/h7-10,12H,3-6H2,1-2H3,(H,16,17). The molecule has 1 N–H and O–H groups in total. The van der Waals surface area contributed by atoms with E-state index in [9.17, 15) is 0 Å². The Hall–Kier alpha value is -1.31. The molecule has 2 unspecified atom stereocenters. The van der Waals surface area contributed by atoms with E-state index in [0.717, 1.165) is 17.9 Å². The highest BCUT2D eigenvalue weighted by atomic mass is 14.9. The summed E-state index contributed by atoms with van der Waals surface area (Å²) in [6, 6.07) is 6.57. The molecule has 0 bridgehead atoms. The molecule has 2 heteroatoms. The topological polar surface area (TPSA) is 28.7 Å². The van der Waals surface area contributed by atoms with Crippen molar-refractivity contribution in [2.24, 2.45) is 5.92 Å². The van der Waals surface area contributed by atoms with Crippen molar-refractivity contribution in [3.8, 4) is 0 Å². The highest BCUT2D eigenvalue weighted by Gasteiger charge is 2.27. The summed E-state index contributed by atoms with van der Waals surface area (Å²) in [5.41, 5.74) is 3.71. The van der Waals surface area contributed by atoms with Gasteiger partial charge in [-0.15, -0.1) is 0 Å². The molecule has 0 aliphatic heterocycles. The summed E-state index contributed by atoms with van der Waals surface area (Å²) >= 11 is 0. The highest BCUT2D eigenvalue weighted by molar-refractivity contribution is 5.76. The number of nitrogens with zero attached hydrogens (tertiary/aromatic N) is 1. The molecule has 1 aromatic heterocycles. The molecule has 90 valence electrons. The second kappa shape index (κ2) is 4.17. The molecule has 0 saturated heterocycles. The lowest BCUT2D eigenvalue weighted by Crippen LogP contribution is -2.03. The Morgan fingerprint density at radius 1 is 1.35 bits per heavy atom. The summed E-state index contributed by atoms with van der Waals surface area (Å²) in [5, 5.41) is 0. The number of aromatic amines is 1. The van der Waals surface area contributed by atoms with E-state index in [0.29, 0.717) is 5.92 Å². The van der Waals surface area contributed by atoms with Crippen LogP contribution in [-0.2, 0) is 6.42 Å². The van der Waals surface area contributed by atoms with Crippen molar-refractivity contribution in [2.45, 2.75) is 45.4 Å². The van der Waals surface area contributed by atoms with Crippen LogP contribution in [0.3, 0.4) is 0 Å². The van der Waals surface area contributed by atoms with Crippen LogP contribution in [0.5, 0.6) is 0 Å². The van der Waals surface area contributed by atoms with Gasteiger partial charge in [-0.1, -0.05) is 26.3 Å². The van der Waals surface area contributed by atoms with Gasteiger partial charge in [-0.05, 0) is 42.9 Å². The molecule has 0 radical (unpaired) electrons. The number of rotatable bonds is 2. The van der Waals surface area contributed by atoms with Gasteiger partial charge < -0.3 is 4.98 Å². The first-order chi connectivity index (χ1) is 8.28. The van der Waals surface area contributed by atoms with Crippen LogP contribution in [0.15, 0.2) is 18.2 Å². The minimum Gasteiger partial charge on any atom is -0.342 e. The Labute approximate surface area is 102 Å². The molecule has 1 heterocycles. The summed E-state index contributed by atoms with van der Waals surface area (Å²) in [4.78, 5) is 8.30. The zero-order chi connectivity index (χ0) is 11.8. The van der Waals surface area contributed by atoms with Crippen molar-refractivity contribution < 1.29 is 0 Å². The molecule has 1 saturated carbocycles. The molecule has 17 heavy (non-hydrogen) atoms. The van der Waals surface area contributed by atoms with Crippen molar-refractivity contribution in [3.05, 3.63) is 29.6 Å². The molecular formula is C15H20N2. The van der Waals surface area contributed by atoms with E-state index in [1.807, 2.05) is 0 Å². The van der Waals surface area contributed by atoms with Crippen LogP contribution < -0.4 is 0 Å². The lowest BCUT2D eigenvalue weighted by atomic mass is 9.98. The minimum absolute atomic E-state index is 0.646. The Balaban J connectivity index is 2.01. The molecule has 2 atom stereocenters. The number of H-pyrrole nitrogens is 1. The first kappa shape index (κ1) is 10.8.